The van der Waals surface area contributed by atoms with Gasteiger partial charge in [-0.05, 0) is 24.5 Å². The molecular weight excluding hydrogens is 310 g/mol. The van der Waals surface area contributed by atoms with Crippen LogP contribution in [-0.4, -0.2) is 13.4 Å². The minimum atomic E-state index is -3.73. The monoisotopic (exact) mass is 327 g/mol. The highest BCUT2D eigenvalue weighted by Gasteiger charge is 2.16. The Morgan fingerprint density at radius 2 is 2.00 bits per heavy atom. The Labute approximate surface area is 128 Å². The Kier molecular flexibility index (Phi) is 4.22. The van der Waals surface area contributed by atoms with Crippen molar-refractivity contribution in [2.75, 3.05) is 0 Å². The highest BCUT2D eigenvalue weighted by molar-refractivity contribution is 8.13. The lowest BCUT2D eigenvalue weighted by molar-refractivity contribution is 0.330. The van der Waals surface area contributed by atoms with Crippen molar-refractivity contribution in [3.8, 4) is 0 Å². The van der Waals surface area contributed by atoms with Gasteiger partial charge in [0.25, 0.3) is 9.05 Å². The molecule has 0 radical (unpaired) electrons. The van der Waals surface area contributed by atoms with Gasteiger partial charge in [-0.25, -0.2) is 13.4 Å². The third kappa shape index (κ3) is 3.58. The molecule has 1 saturated carbocycles. The lowest BCUT2D eigenvalue weighted by atomic mass is 9.86. The van der Waals surface area contributed by atoms with Crippen LogP contribution < -0.4 is 0 Å². The van der Waals surface area contributed by atoms with Crippen LogP contribution in [0.2, 0.25) is 0 Å². The Morgan fingerprint density at radius 3 is 2.71 bits per heavy atom. The van der Waals surface area contributed by atoms with Gasteiger partial charge in [-0.3, -0.25) is 0 Å². The Hall–Kier alpha value is -1.07. The van der Waals surface area contributed by atoms with Crippen molar-refractivity contribution in [2.24, 2.45) is 5.92 Å². The molecule has 114 valence electrons. The van der Waals surface area contributed by atoms with Gasteiger partial charge in [0.15, 0.2) is 11.5 Å². The number of hydrogen-bond donors (Lipinski definition) is 0. The standard InChI is InChI=1S/C15H18ClNO3S/c16-21(18,19)12-7-8-13-14(10-12)20-15(17-13)9-6-11-4-2-1-3-5-11/h7-8,10-11H,1-6,9H2. The third-order valence-electron chi connectivity index (χ3n) is 4.18. The molecule has 0 aliphatic heterocycles. The zero-order chi connectivity index (χ0) is 14.9. The van der Waals surface area contributed by atoms with Crippen LogP contribution in [0, 0.1) is 5.92 Å². The summed E-state index contributed by atoms with van der Waals surface area (Å²) < 4.78 is 28.3. The molecule has 0 amide bonds. The van der Waals surface area contributed by atoms with E-state index in [1.54, 1.807) is 6.07 Å². The summed E-state index contributed by atoms with van der Waals surface area (Å²) in [6.45, 7) is 0. The zero-order valence-corrected chi connectivity index (χ0v) is 13.3. The summed E-state index contributed by atoms with van der Waals surface area (Å²) in [7, 11) is 1.61. The molecule has 1 aliphatic carbocycles. The van der Waals surface area contributed by atoms with Crippen molar-refractivity contribution >= 4 is 30.8 Å². The van der Waals surface area contributed by atoms with E-state index in [0.717, 1.165) is 18.8 Å². The van der Waals surface area contributed by atoms with E-state index >= 15 is 0 Å². The fourth-order valence-corrected chi connectivity index (χ4v) is 3.78. The van der Waals surface area contributed by atoms with E-state index in [1.165, 1.54) is 44.2 Å². The van der Waals surface area contributed by atoms with Gasteiger partial charge in [0.1, 0.15) is 5.52 Å². The maximum atomic E-state index is 11.3. The molecule has 1 aromatic heterocycles. The van der Waals surface area contributed by atoms with Crippen molar-refractivity contribution in [1.29, 1.82) is 0 Å². The van der Waals surface area contributed by atoms with Crippen LogP contribution in [0.1, 0.15) is 44.4 Å². The molecule has 0 N–H and O–H groups in total. The molecule has 3 rings (SSSR count). The van der Waals surface area contributed by atoms with Gasteiger partial charge in [-0.15, -0.1) is 0 Å². The number of aryl methyl sites for hydroxylation is 1. The average Bonchev–Trinajstić information content (AvgIpc) is 2.87. The van der Waals surface area contributed by atoms with E-state index in [4.69, 9.17) is 15.1 Å². The summed E-state index contributed by atoms with van der Waals surface area (Å²) in [5, 5.41) is 0. The second-order valence-electron chi connectivity index (χ2n) is 5.72. The highest BCUT2D eigenvalue weighted by atomic mass is 35.7. The summed E-state index contributed by atoms with van der Waals surface area (Å²) in [4.78, 5) is 4.46. The molecular formula is C15H18ClNO3S. The van der Waals surface area contributed by atoms with Crippen LogP contribution >= 0.6 is 10.7 Å². The number of rotatable bonds is 4. The van der Waals surface area contributed by atoms with Crippen LogP contribution in [0.15, 0.2) is 27.5 Å². The number of fused-ring (bicyclic) bond motifs is 1. The number of halogens is 1. The molecule has 1 heterocycles. The fourth-order valence-electron chi connectivity index (χ4n) is 3.01. The maximum Gasteiger partial charge on any atom is 0.261 e. The Morgan fingerprint density at radius 1 is 1.24 bits per heavy atom. The lowest BCUT2D eigenvalue weighted by Crippen LogP contribution is -2.07. The van der Waals surface area contributed by atoms with Crippen LogP contribution in [0.4, 0.5) is 0 Å². The van der Waals surface area contributed by atoms with E-state index < -0.39 is 9.05 Å². The van der Waals surface area contributed by atoms with Gasteiger partial charge in [0.2, 0.25) is 0 Å². The quantitative estimate of drug-likeness (QED) is 0.787. The minimum absolute atomic E-state index is 0.0478. The largest absolute Gasteiger partial charge is 0.441 e. The fraction of sp³-hybridized carbons (Fsp3) is 0.533. The third-order valence-corrected chi connectivity index (χ3v) is 5.53. The van der Waals surface area contributed by atoms with Crippen LogP contribution in [0.5, 0.6) is 0 Å². The first-order valence-electron chi connectivity index (χ1n) is 7.36. The normalized spacial score (nSPS) is 17.4. The first-order chi connectivity index (χ1) is 10.0. The summed E-state index contributed by atoms with van der Waals surface area (Å²) >= 11 is 0. The first-order valence-corrected chi connectivity index (χ1v) is 9.67. The molecule has 0 atom stereocenters. The highest BCUT2D eigenvalue weighted by Crippen LogP contribution is 2.28. The minimum Gasteiger partial charge on any atom is -0.441 e. The first kappa shape index (κ1) is 14.9. The van der Waals surface area contributed by atoms with Crippen molar-refractivity contribution in [1.82, 2.24) is 4.98 Å². The van der Waals surface area contributed by atoms with Gasteiger partial charge in [-0.1, -0.05) is 32.1 Å². The molecule has 6 heteroatoms. The molecule has 0 saturated heterocycles. The lowest BCUT2D eigenvalue weighted by Gasteiger charge is -2.20. The van der Waals surface area contributed by atoms with Gasteiger partial charge in [-0.2, -0.15) is 0 Å². The van der Waals surface area contributed by atoms with E-state index in [-0.39, 0.29) is 4.90 Å². The summed E-state index contributed by atoms with van der Waals surface area (Å²) in [5.41, 5.74) is 1.16. The Bertz CT molecular complexity index is 732. The number of aromatic nitrogens is 1. The van der Waals surface area contributed by atoms with Crippen molar-refractivity contribution in [2.45, 2.75) is 49.8 Å². The van der Waals surface area contributed by atoms with Crippen LogP contribution in [-0.2, 0) is 15.5 Å². The van der Waals surface area contributed by atoms with Gasteiger partial charge < -0.3 is 4.42 Å². The zero-order valence-electron chi connectivity index (χ0n) is 11.7. The van der Waals surface area contributed by atoms with E-state index in [9.17, 15) is 8.42 Å². The molecule has 0 spiro atoms. The second kappa shape index (κ2) is 5.97. The molecule has 4 nitrogen and oxygen atoms in total. The van der Waals surface area contributed by atoms with Gasteiger partial charge in [0.05, 0.1) is 4.90 Å². The summed E-state index contributed by atoms with van der Waals surface area (Å²) in [5.74, 6) is 1.45. The van der Waals surface area contributed by atoms with E-state index in [1.807, 2.05) is 0 Å². The van der Waals surface area contributed by atoms with E-state index in [2.05, 4.69) is 4.98 Å². The maximum absolute atomic E-state index is 11.3. The van der Waals surface area contributed by atoms with Gasteiger partial charge >= 0.3 is 0 Å². The average molecular weight is 328 g/mol. The molecule has 1 aliphatic rings. The second-order valence-corrected chi connectivity index (χ2v) is 8.28. The SMILES string of the molecule is O=S(=O)(Cl)c1ccc2nc(CCC3CCCCC3)oc2c1. The molecule has 21 heavy (non-hydrogen) atoms. The molecule has 2 aromatic rings. The smallest absolute Gasteiger partial charge is 0.261 e. The number of nitrogens with zero attached hydrogens (tertiary/aromatic N) is 1. The summed E-state index contributed by atoms with van der Waals surface area (Å²) in [6.07, 6.45) is 8.51. The number of benzene rings is 1. The van der Waals surface area contributed by atoms with Crippen molar-refractivity contribution in [3.63, 3.8) is 0 Å². The van der Waals surface area contributed by atoms with Gasteiger partial charge in [0, 0.05) is 23.2 Å². The predicted molar refractivity (Wildman–Crippen MR) is 81.9 cm³/mol. The predicted octanol–water partition coefficient (Wildman–Crippen LogP) is 4.27. The summed E-state index contributed by atoms with van der Waals surface area (Å²) in [6, 6.07) is 4.53. The number of oxazole rings is 1. The topological polar surface area (TPSA) is 60.2 Å². The molecule has 1 aromatic carbocycles. The molecule has 0 unspecified atom stereocenters. The molecule has 1 fully saturated rings. The van der Waals surface area contributed by atoms with Crippen molar-refractivity contribution in [3.05, 3.63) is 24.1 Å². The van der Waals surface area contributed by atoms with Crippen LogP contribution in [0.3, 0.4) is 0 Å². The van der Waals surface area contributed by atoms with Crippen molar-refractivity contribution < 1.29 is 12.8 Å². The number of hydrogen-bond acceptors (Lipinski definition) is 4. The van der Waals surface area contributed by atoms with Crippen LogP contribution in [0.25, 0.3) is 11.1 Å². The Balaban J connectivity index is 1.74. The van der Waals surface area contributed by atoms with E-state index in [0.29, 0.717) is 17.0 Å². The molecule has 0 bridgehead atoms.